The summed E-state index contributed by atoms with van der Waals surface area (Å²) >= 11 is 0. The molecule has 0 spiro atoms. The fourth-order valence-electron chi connectivity index (χ4n) is 3.36. The fourth-order valence-corrected chi connectivity index (χ4v) is 3.36. The van der Waals surface area contributed by atoms with Crippen molar-refractivity contribution in [1.82, 2.24) is 29.6 Å². The molecule has 1 aliphatic heterocycles. The van der Waals surface area contributed by atoms with Crippen LogP contribution in [0.25, 0.3) is 11.0 Å². The summed E-state index contributed by atoms with van der Waals surface area (Å²) in [5.74, 6) is 3.62. The molecule has 0 amide bonds. The van der Waals surface area contributed by atoms with Crippen LogP contribution in [0.4, 0.5) is 19.1 Å². The Morgan fingerprint density at radius 1 is 1.22 bits per heavy atom. The zero-order valence-corrected chi connectivity index (χ0v) is 19.1. The Morgan fingerprint density at radius 3 is 2.46 bits per heavy atom. The summed E-state index contributed by atoms with van der Waals surface area (Å²) in [5.41, 5.74) is 1.00. The number of alkyl halides is 3. The highest BCUT2D eigenvalue weighted by Gasteiger charge is 2.38. The normalized spacial score (nSPS) is 13.0. The Hall–Kier alpha value is -4.25. The number of imidazole rings is 1. The lowest BCUT2D eigenvalue weighted by atomic mass is 10.2. The third-order valence-electron chi connectivity index (χ3n) is 5.06. The minimum Gasteiger partial charge on any atom is -0.475 e. The quantitative estimate of drug-likeness (QED) is 0.379. The number of rotatable bonds is 5. The number of carboxylic acid groups (broad SMARTS) is 1. The lowest BCUT2D eigenvalue weighted by molar-refractivity contribution is -0.192. The highest BCUT2D eigenvalue weighted by atomic mass is 19.4. The van der Waals surface area contributed by atoms with Gasteiger partial charge >= 0.3 is 12.1 Å². The van der Waals surface area contributed by atoms with Crippen LogP contribution in [0.2, 0.25) is 0 Å². The van der Waals surface area contributed by atoms with Gasteiger partial charge in [0, 0.05) is 44.1 Å². The van der Waals surface area contributed by atoms with Crippen molar-refractivity contribution in [2.24, 2.45) is 0 Å². The number of halogens is 3. The van der Waals surface area contributed by atoms with Gasteiger partial charge < -0.3 is 15.3 Å². The number of fused-ring (bicyclic) bond motifs is 1. The summed E-state index contributed by atoms with van der Waals surface area (Å²) in [6, 6.07) is 3.35. The van der Waals surface area contributed by atoms with Gasteiger partial charge in [-0.2, -0.15) is 18.3 Å². The second kappa shape index (κ2) is 12.6. The van der Waals surface area contributed by atoms with Gasteiger partial charge in [0.25, 0.3) is 5.56 Å². The third-order valence-corrected chi connectivity index (χ3v) is 5.06. The predicted octanol–water partition coefficient (Wildman–Crippen LogP) is 1.57. The number of aliphatic carboxylic acids is 1. The van der Waals surface area contributed by atoms with Gasteiger partial charge in [0.05, 0.1) is 12.7 Å². The Morgan fingerprint density at radius 2 is 1.89 bits per heavy atom. The Labute approximate surface area is 209 Å². The summed E-state index contributed by atoms with van der Waals surface area (Å²) < 4.78 is 34.7. The molecule has 4 heterocycles. The van der Waals surface area contributed by atoms with Crippen molar-refractivity contribution in [1.29, 1.82) is 0 Å². The van der Waals surface area contributed by atoms with Crippen LogP contribution in [0, 0.1) is 11.8 Å². The molecule has 3 aromatic rings. The maximum absolute atomic E-state index is 13.2. The zero-order chi connectivity index (χ0) is 26.3. The van der Waals surface area contributed by atoms with Gasteiger partial charge in [-0.25, -0.2) is 14.5 Å². The van der Waals surface area contributed by atoms with E-state index in [9.17, 15) is 22.8 Å². The highest BCUT2D eigenvalue weighted by molar-refractivity contribution is 5.95. The standard InChI is InChI=1S/C20H21N7O2.C2HF3O2.CH4/c1-2-3-9-26-18-16(24-20(26)25-10-7-21-8-11-25)13-23-27(19(18)29)14-17(28)15-5-4-6-22-12-15;3-2(4,5)1(6)7;/h4-6,12-13,21H,7-11,14H2,1H3;(H,6,7);1H4. The number of aromatic nitrogens is 5. The largest absolute Gasteiger partial charge is 0.490 e. The zero-order valence-electron chi connectivity index (χ0n) is 19.1. The first-order valence-electron chi connectivity index (χ1n) is 10.7. The smallest absolute Gasteiger partial charge is 0.475 e. The van der Waals surface area contributed by atoms with Gasteiger partial charge in [-0.1, -0.05) is 13.3 Å². The first-order valence-corrected chi connectivity index (χ1v) is 10.7. The van der Waals surface area contributed by atoms with E-state index in [1.165, 1.54) is 17.1 Å². The van der Waals surface area contributed by atoms with Gasteiger partial charge in [-0.05, 0) is 19.1 Å². The molecule has 0 saturated carbocycles. The number of anilines is 1. The summed E-state index contributed by atoms with van der Waals surface area (Å²) in [7, 11) is 0. The van der Waals surface area contributed by atoms with E-state index in [0.717, 1.165) is 26.2 Å². The number of carboxylic acids is 1. The van der Waals surface area contributed by atoms with Gasteiger partial charge in [-0.15, -0.1) is 5.92 Å². The molecule has 0 radical (unpaired) electrons. The van der Waals surface area contributed by atoms with Crippen LogP contribution in [0.15, 0.2) is 35.5 Å². The van der Waals surface area contributed by atoms with Crippen molar-refractivity contribution in [2.45, 2.75) is 33.6 Å². The fraction of sp³-hybridized carbons (Fsp3) is 0.391. The van der Waals surface area contributed by atoms with Crippen molar-refractivity contribution in [3.8, 4) is 11.8 Å². The molecule has 1 saturated heterocycles. The van der Waals surface area contributed by atoms with Gasteiger partial charge in [-0.3, -0.25) is 19.1 Å². The minimum absolute atomic E-state index is 0. The first-order chi connectivity index (χ1) is 17.1. The van der Waals surface area contributed by atoms with Crippen molar-refractivity contribution >= 4 is 28.7 Å². The number of carbonyl (C=O) groups is 2. The van der Waals surface area contributed by atoms with Gasteiger partial charge in [0.15, 0.2) is 5.78 Å². The molecule has 0 unspecified atom stereocenters. The van der Waals surface area contributed by atoms with Gasteiger partial charge in [0.1, 0.15) is 17.6 Å². The molecule has 0 atom stereocenters. The van der Waals surface area contributed by atoms with Crippen LogP contribution in [0.1, 0.15) is 24.7 Å². The van der Waals surface area contributed by atoms with E-state index < -0.39 is 12.1 Å². The van der Waals surface area contributed by atoms with Crippen LogP contribution < -0.4 is 15.8 Å². The Kier molecular flexibility index (Phi) is 9.90. The number of pyridine rings is 1. The van der Waals surface area contributed by atoms with E-state index in [0.29, 0.717) is 29.1 Å². The minimum atomic E-state index is -5.08. The van der Waals surface area contributed by atoms with Crippen molar-refractivity contribution in [2.75, 3.05) is 31.1 Å². The number of Topliss-reactive ketones (excluding diaryl/α,β-unsaturated/α-hetero) is 1. The molecular formula is C23H26F3N7O4. The predicted molar refractivity (Wildman–Crippen MR) is 129 cm³/mol. The molecule has 0 aromatic carbocycles. The summed E-state index contributed by atoms with van der Waals surface area (Å²) in [6.07, 6.45) is -0.470. The van der Waals surface area contributed by atoms with E-state index in [1.54, 1.807) is 25.3 Å². The lowest BCUT2D eigenvalue weighted by Gasteiger charge is -2.28. The Bertz CT molecular complexity index is 1350. The number of nitrogens with zero attached hydrogens (tertiary/aromatic N) is 6. The van der Waals surface area contributed by atoms with Crippen LogP contribution >= 0.6 is 0 Å². The van der Waals surface area contributed by atoms with Crippen LogP contribution in [-0.2, 0) is 17.9 Å². The van der Waals surface area contributed by atoms with Crippen LogP contribution in [0.3, 0.4) is 0 Å². The van der Waals surface area contributed by atoms with Gasteiger partial charge in [0.2, 0.25) is 5.95 Å². The molecule has 0 bridgehead atoms. The number of nitrogens with one attached hydrogen (secondary N) is 1. The second-order valence-corrected chi connectivity index (χ2v) is 7.47. The topological polar surface area (TPSA) is 135 Å². The molecule has 1 aliphatic rings. The summed E-state index contributed by atoms with van der Waals surface area (Å²) in [5, 5.41) is 14.6. The lowest BCUT2D eigenvalue weighted by Crippen LogP contribution is -2.44. The van der Waals surface area contributed by atoms with E-state index in [4.69, 9.17) is 9.90 Å². The number of carbonyl (C=O) groups excluding carboxylic acids is 1. The van der Waals surface area contributed by atoms with Crippen molar-refractivity contribution < 1.29 is 27.9 Å². The first kappa shape index (κ1) is 29.0. The average molecular weight is 522 g/mol. The van der Waals surface area contributed by atoms with E-state index in [2.05, 4.69) is 37.1 Å². The van der Waals surface area contributed by atoms with Crippen molar-refractivity contribution in [3.63, 3.8) is 0 Å². The molecule has 2 N–H and O–H groups in total. The van der Waals surface area contributed by atoms with Crippen LogP contribution in [-0.4, -0.2) is 73.5 Å². The number of hydrogen-bond donors (Lipinski definition) is 2. The summed E-state index contributed by atoms with van der Waals surface area (Å²) in [4.78, 5) is 45.3. The molecule has 1 fully saturated rings. The summed E-state index contributed by atoms with van der Waals surface area (Å²) in [6.45, 7) is 5.25. The maximum Gasteiger partial charge on any atom is 0.490 e. The number of hydrogen-bond acceptors (Lipinski definition) is 8. The molecule has 3 aromatic heterocycles. The van der Waals surface area contributed by atoms with Crippen LogP contribution in [0.5, 0.6) is 0 Å². The number of ketones is 1. The highest BCUT2D eigenvalue weighted by Crippen LogP contribution is 2.20. The molecule has 4 rings (SSSR count). The molecule has 198 valence electrons. The van der Waals surface area contributed by atoms with E-state index >= 15 is 0 Å². The molecular weight excluding hydrogens is 495 g/mol. The monoisotopic (exact) mass is 521 g/mol. The Balaban J connectivity index is 0.000000532. The molecule has 14 heteroatoms. The molecule has 11 nitrogen and oxygen atoms in total. The molecule has 0 aliphatic carbocycles. The molecule has 37 heavy (non-hydrogen) atoms. The third kappa shape index (κ3) is 7.14. The average Bonchev–Trinajstić information content (AvgIpc) is 3.24. The number of piperazine rings is 1. The SMILES string of the molecule is C.CC#CCn1c(N2CCNCC2)nc2cnn(CC(=O)c3cccnc3)c(=O)c21.O=C(O)C(F)(F)F. The second-order valence-electron chi connectivity index (χ2n) is 7.47. The van der Waals surface area contributed by atoms with E-state index in [-0.39, 0.29) is 25.3 Å². The van der Waals surface area contributed by atoms with Crippen molar-refractivity contribution in [3.05, 3.63) is 46.6 Å². The van der Waals surface area contributed by atoms with E-state index in [1.807, 2.05) is 4.57 Å². The maximum atomic E-state index is 13.2.